The Morgan fingerprint density at radius 3 is 2.11 bits per heavy atom. The number of rotatable bonds is 11. The maximum absolute atomic E-state index is 13.8. The van der Waals surface area contributed by atoms with Gasteiger partial charge in [-0.05, 0) is 62.2 Å². The number of hydrogen-bond donors (Lipinski definition) is 1. The number of aryl methyl sites for hydroxylation is 1. The molecule has 0 aliphatic rings. The molecule has 3 aromatic rings. The Balaban J connectivity index is 2.03. The maximum atomic E-state index is 13.8. The van der Waals surface area contributed by atoms with Crippen LogP contribution < -0.4 is 9.62 Å². The van der Waals surface area contributed by atoms with Crippen LogP contribution in [-0.2, 0) is 26.2 Å². The van der Waals surface area contributed by atoms with Gasteiger partial charge in [0, 0.05) is 13.1 Å². The second-order valence-corrected chi connectivity index (χ2v) is 10.5. The normalized spacial score (nSPS) is 12.0. The standard InChI is InChI=1S/C28H32FN3O4S/c1-4-26(28(34)30-5-2)31(19-22-13-15-23(29)16-14-22)27(33)20-32(24-17-11-21(3)12-18-24)37(35,36)25-9-7-6-8-10-25/h6-18,26H,4-5,19-20H2,1-3H3,(H,30,34). The van der Waals surface area contributed by atoms with Crippen molar-refractivity contribution in [3.8, 4) is 0 Å². The molecule has 7 nitrogen and oxygen atoms in total. The molecular weight excluding hydrogens is 493 g/mol. The molecule has 0 spiro atoms. The molecule has 1 atom stereocenters. The van der Waals surface area contributed by atoms with Crippen LogP contribution in [0, 0.1) is 12.7 Å². The van der Waals surface area contributed by atoms with Crippen molar-refractivity contribution < 1.29 is 22.4 Å². The van der Waals surface area contributed by atoms with E-state index in [2.05, 4.69) is 5.32 Å². The van der Waals surface area contributed by atoms with Crippen LogP contribution in [-0.4, -0.2) is 44.3 Å². The molecule has 0 heterocycles. The van der Waals surface area contributed by atoms with Crippen molar-refractivity contribution in [2.75, 3.05) is 17.4 Å². The fourth-order valence-electron chi connectivity index (χ4n) is 3.96. The molecule has 196 valence electrons. The van der Waals surface area contributed by atoms with Gasteiger partial charge < -0.3 is 10.2 Å². The molecule has 0 aliphatic carbocycles. The summed E-state index contributed by atoms with van der Waals surface area (Å²) in [6.45, 7) is 5.32. The molecule has 3 rings (SSSR count). The van der Waals surface area contributed by atoms with Gasteiger partial charge in [0.2, 0.25) is 11.8 Å². The minimum Gasteiger partial charge on any atom is -0.355 e. The van der Waals surface area contributed by atoms with Gasteiger partial charge in [-0.3, -0.25) is 13.9 Å². The van der Waals surface area contributed by atoms with E-state index in [-0.39, 0.29) is 17.3 Å². The Hall–Kier alpha value is -3.72. The van der Waals surface area contributed by atoms with Crippen molar-refractivity contribution in [1.82, 2.24) is 10.2 Å². The van der Waals surface area contributed by atoms with Crippen molar-refractivity contribution in [2.24, 2.45) is 0 Å². The SMILES string of the molecule is CCNC(=O)C(CC)N(Cc1ccc(F)cc1)C(=O)CN(c1ccc(C)cc1)S(=O)(=O)c1ccccc1. The molecule has 0 aromatic heterocycles. The summed E-state index contributed by atoms with van der Waals surface area (Å²) in [6.07, 6.45) is 0.314. The van der Waals surface area contributed by atoms with Crippen LogP contribution in [0.2, 0.25) is 0 Å². The molecule has 0 saturated carbocycles. The lowest BCUT2D eigenvalue weighted by atomic mass is 10.1. The van der Waals surface area contributed by atoms with Gasteiger partial charge in [0.1, 0.15) is 18.4 Å². The van der Waals surface area contributed by atoms with E-state index in [0.717, 1.165) is 9.87 Å². The summed E-state index contributed by atoms with van der Waals surface area (Å²) in [5, 5.41) is 2.75. The van der Waals surface area contributed by atoms with Crippen LogP contribution in [0.15, 0.2) is 83.8 Å². The molecule has 2 amide bonds. The zero-order valence-corrected chi connectivity index (χ0v) is 22.0. The van der Waals surface area contributed by atoms with Crippen LogP contribution in [0.5, 0.6) is 0 Å². The van der Waals surface area contributed by atoms with E-state index in [0.29, 0.717) is 24.2 Å². The number of nitrogens with one attached hydrogen (secondary N) is 1. The molecule has 0 bridgehead atoms. The van der Waals surface area contributed by atoms with E-state index in [1.54, 1.807) is 68.4 Å². The Bertz CT molecular complexity index is 1300. The molecule has 0 aliphatic heterocycles. The van der Waals surface area contributed by atoms with E-state index in [1.807, 2.05) is 6.92 Å². The number of carbonyl (C=O) groups excluding carboxylic acids is 2. The summed E-state index contributed by atoms with van der Waals surface area (Å²) in [5.74, 6) is -1.31. The number of anilines is 1. The smallest absolute Gasteiger partial charge is 0.264 e. The van der Waals surface area contributed by atoms with E-state index < -0.39 is 34.3 Å². The van der Waals surface area contributed by atoms with E-state index in [4.69, 9.17) is 0 Å². The van der Waals surface area contributed by atoms with Crippen LogP contribution >= 0.6 is 0 Å². The number of benzene rings is 3. The number of hydrogen-bond acceptors (Lipinski definition) is 4. The molecule has 1 N–H and O–H groups in total. The second kappa shape index (κ2) is 12.5. The number of amides is 2. The van der Waals surface area contributed by atoms with E-state index in [1.165, 1.54) is 29.2 Å². The highest BCUT2D eigenvalue weighted by atomic mass is 32.2. The van der Waals surface area contributed by atoms with Crippen molar-refractivity contribution in [3.05, 3.63) is 95.8 Å². The molecule has 37 heavy (non-hydrogen) atoms. The van der Waals surface area contributed by atoms with Crippen LogP contribution in [0.4, 0.5) is 10.1 Å². The van der Waals surface area contributed by atoms with Gasteiger partial charge >= 0.3 is 0 Å². The molecule has 3 aromatic carbocycles. The highest BCUT2D eigenvalue weighted by molar-refractivity contribution is 7.92. The largest absolute Gasteiger partial charge is 0.355 e. The average molecular weight is 526 g/mol. The number of likely N-dealkylation sites (N-methyl/N-ethyl adjacent to an activating group) is 1. The summed E-state index contributed by atoms with van der Waals surface area (Å²) in [6, 6.07) is 19.5. The number of sulfonamides is 1. The molecule has 0 saturated heterocycles. The van der Waals surface area contributed by atoms with Gasteiger partial charge in [-0.25, -0.2) is 12.8 Å². The van der Waals surface area contributed by atoms with Gasteiger partial charge in [-0.2, -0.15) is 0 Å². The minimum absolute atomic E-state index is 0.0158. The average Bonchev–Trinajstić information content (AvgIpc) is 2.89. The molecule has 1 unspecified atom stereocenters. The first-order valence-corrected chi connectivity index (χ1v) is 13.6. The van der Waals surface area contributed by atoms with E-state index >= 15 is 0 Å². The fraction of sp³-hybridized carbons (Fsp3) is 0.286. The van der Waals surface area contributed by atoms with Crippen molar-refractivity contribution in [3.63, 3.8) is 0 Å². The zero-order valence-electron chi connectivity index (χ0n) is 21.2. The highest BCUT2D eigenvalue weighted by Gasteiger charge is 2.33. The first kappa shape index (κ1) is 27.9. The lowest BCUT2D eigenvalue weighted by Crippen LogP contribution is -2.52. The molecular formula is C28H32FN3O4S. The molecule has 0 radical (unpaired) electrons. The summed E-state index contributed by atoms with van der Waals surface area (Å²) in [5.41, 5.74) is 1.88. The third-order valence-electron chi connectivity index (χ3n) is 5.94. The van der Waals surface area contributed by atoms with Gasteiger partial charge in [0.25, 0.3) is 10.0 Å². The van der Waals surface area contributed by atoms with Gasteiger partial charge in [0.05, 0.1) is 10.6 Å². The summed E-state index contributed by atoms with van der Waals surface area (Å²) in [4.78, 5) is 28.1. The quantitative estimate of drug-likeness (QED) is 0.405. The Labute approximate surface area is 218 Å². The van der Waals surface area contributed by atoms with E-state index in [9.17, 15) is 22.4 Å². The maximum Gasteiger partial charge on any atom is 0.264 e. The van der Waals surface area contributed by atoms with Gasteiger partial charge in [-0.15, -0.1) is 0 Å². The molecule has 9 heteroatoms. The first-order chi connectivity index (χ1) is 17.7. The highest BCUT2D eigenvalue weighted by Crippen LogP contribution is 2.25. The van der Waals surface area contributed by atoms with Crippen molar-refractivity contribution in [2.45, 2.75) is 44.7 Å². The van der Waals surface area contributed by atoms with Crippen LogP contribution in [0.1, 0.15) is 31.4 Å². The Kier molecular flexibility index (Phi) is 9.41. The number of nitrogens with zero attached hydrogens (tertiary/aromatic N) is 2. The predicted molar refractivity (Wildman–Crippen MR) is 142 cm³/mol. The predicted octanol–water partition coefficient (Wildman–Crippen LogP) is 4.27. The van der Waals surface area contributed by atoms with Crippen LogP contribution in [0.25, 0.3) is 0 Å². The zero-order chi connectivity index (χ0) is 27.0. The Morgan fingerprint density at radius 1 is 0.919 bits per heavy atom. The number of halogens is 1. The summed E-state index contributed by atoms with van der Waals surface area (Å²) >= 11 is 0. The van der Waals surface area contributed by atoms with Crippen LogP contribution in [0.3, 0.4) is 0 Å². The topological polar surface area (TPSA) is 86.8 Å². The third kappa shape index (κ3) is 6.95. The fourth-order valence-corrected chi connectivity index (χ4v) is 5.39. The Morgan fingerprint density at radius 2 is 1.54 bits per heavy atom. The van der Waals surface area contributed by atoms with Gasteiger partial charge in [0.15, 0.2) is 0 Å². The monoisotopic (exact) mass is 525 g/mol. The molecule has 0 fully saturated rings. The summed E-state index contributed by atoms with van der Waals surface area (Å²) < 4.78 is 41.9. The van der Waals surface area contributed by atoms with Gasteiger partial charge in [-0.1, -0.05) is 55.0 Å². The first-order valence-electron chi connectivity index (χ1n) is 12.1. The number of carbonyl (C=O) groups is 2. The lowest BCUT2D eigenvalue weighted by molar-refractivity contribution is -0.140. The summed E-state index contributed by atoms with van der Waals surface area (Å²) in [7, 11) is -4.10. The lowest BCUT2D eigenvalue weighted by Gasteiger charge is -2.33. The van der Waals surface area contributed by atoms with Crippen molar-refractivity contribution in [1.29, 1.82) is 0 Å². The minimum atomic E-state index is -4.10. The third-order valence-corrected chi connectivity index (χ3v) is 7.72. The van der Waals surface area contributed by atoms with Crippen molar-refractivity contribution >= 4 is 27.5 Å². The second-order valence-electron chi connectivity index (χ2n) is 8.63.